The van der Waals surface area contributed by atoms with E-state index in [1.165, 1.54) is 0 Å². The predicted octanol–water partition coefficient (Wildman–Crippen LogP) is -0.208. The summed E-state index contributed by atoms with van der Waals surface area (Å²) in [5.41, 5.74) is -0.942. The quantitative estimate of drug-likeness (QED) is 0.643. The van der Waals surface area contributed by atoms with Crippen molar-refractivity contribution in [3.05, 3.63) is 48.0 Å². The van der Waals surface area contributed by atoms with Crippen LogP contribution in [0.15, 0.2) is 36.7 Å². The SMILES string of the molecule is Cn1cc[n+]2c1C(=O)NC1(O)c3ccccc3OC21. The van der Waals surface area contributed by atoms with Crippen molar-refractivity contribution in [1.82, 2.24) is 9.88 Å². The molecule has 0 saturated carbocycles. The van der Waals surface area contributed by atoms with Gasteiger partial charge in [0.15, 0.2) is 0 Å². The Morgan fingerprint density at radius 1 is 1.47 bits per heavy atom. The lowest BCUT2D eigenvalue weighted by Crippen LogP contribution is -2.66. The monoisotopic (exact) mass is 258 g/mol. The second-order valence-electron chi connectivity index (χ2n) is 4.83. The summed E-state index contributed by atoms with van der Waals surface area (Å²) in [6.07, 6.45) is 2.81. The molecule has 19 heavy (non-hydrogen) atoms. The predicted molar refractivity (Wildman–Crippen MR) is 63.1 cm³/mol. The fourth-order valence-corrected chi connectivity index (χ4v) is 2.80. The zero-order chi connectivity index (χ0) is 13.2. The van der Waals surface area contributed by atoms with Crippen LogP contribution in [0.3, 0.4) is 0 Å². The summed E-state index contributed by atoms with van der Waals surface area (Å²) in [4.78, 5) is 12.2. The molecule has 2 atom stereocenters. The van der Waals surface area contributed by atoms with Gasteiger partial charge in [0, 0.05) is 0 Å². The molecule has 0 aliphatic carbocycles. The maximum atomic E-state index is 12.2. The van der Waals surface area contributed by atoms with Gasteiger partial charge in [0.2, 0.25) is 5.72 Å². The summed E-state index contributed by atoms with van der Waals surface area (Å²) >= 11 is 0. The Labute approximate surface area is 108 Å². The molecular weight excluding hydrogens is 246 g/mol. The number of amides is 1. The van der Waals surface area contributed by atoms with E-state index in [-0.39, 0.29) is 5.91 Å². The van der Waals surface area contributed by atoms with Crippen LogP contribution in [0.25, 0.3) is 0 Å². The van der Waals surface area contributed by atoms with Gasteiger partial charge in [-0.3, -0.25) is 4.79 Å². The minimum absolute atomic E-state index is 0.327. The first-order valence-electron chi connectivity index (χ1n) is 5.99. The molecule has 96 valence electrons. The molecule has 6 heteroatoms. The highest BCUT2D eigenvalue weighted by molar-refractivity contribution is 5.90. The Morgan fingerprint density at radius 2 is 2.26 bits per heavy atom. The fourth-order valence-electron chi connectivity index (χ4n) is 2.80. The number of nitrogens with one attached hydrogen (secondary N) is 1. The number of imidazole rings is 1. The van der Waals surface area contributed by atoms with Crippen LogP contribution >= 0.6 is 0 Å². The van der Waals surface area contributed by atoms with Crippen molar-refractivity contribution >= 4 is 5.91 Å². The van der Waals surface area contributed by atoms with Gasteiger partial charge in [-0.1, -0.05) is 18.2 Å². The number of aromatic nitrogens is 2. The van der Waals surface area contributed by atoms with Gasteiger partial charge in [0.05, 0.1) is 12.6 Å². The number of hydrogen-bond acceptors (Lipinski definition) is 3. The normalized spacial score (nSPS) is 27.1. The number of aliphatic hydroxyl groups is 1. The summed E-state index contributed by atoms with van der Waals surface area (Å²) in [6, 6.07) is 7.17. The number of rotatable bonds is 0. The van der Waals surface area contributed by atoms with Crippen LogP contribution in [-0.2, 0) is 12.8 Å². The van der Waals surface area contributed by atoms with E-state index in [0.29, 0.717) is 17.1 Å². The molecule has 0 fully saturated rings. The molecule has 0 spiro atoms. The molecular formula is C13H12N3O3+. The third-order valence-corrected chi connectivity index (χ3v) is 3.68. The van der Waals surface area contributed by atoms with E-state index in [1.54, 1.807) is 46.8 Å². The lowest BCUT2D eigenvalue weighted by Gasteiger charge is -2.30. The Hall–Kier alpha value is -2.34. The van der Waals surface area contributed by atoms with Crippen molar-refractivity contribution in [2.45, 2.75) is 12.0 Å². The van der Waals surface area contributed by atoms with E-state index >= 15 is 0 Å². The molecule has 2 unspecified atom stereocenters. The smallest absolute Gasteiger partial charge is 0.350 e. The van der Waals surface area contributed by atoms with Crippen LogP contribution in [-0.4, -0.2) is 15.6 Å². The largest absolute Gasteiger partial charge is 0.446 e. The number of nitrogens with zero attached hydrogens (tertiary/aromatic N) is 2. The summed E-state index contributed by atoms with van der Waals surface area (Å²) in [5.74, 6) is 0.702. The highest BCUT2D eigenvalue weighted by Crippen LogP contribution is 2.44. The maximum Gasteiger partial charge on any atom is 0.350 e. The summed E-state index contributed by atoms with van der Waals surface area (Å²) < 4.78 is 9.13. The minimum atomic E-state index is -1.52. The van der Waals surface area contributed by atoms with E-state index in [2.05, 4.69) is 5.32 Å². The van der Waals surface area contributed by atoms with Crippen molar-refractivity contribution in [2.75, 3.05) is 0 Å². The number of para-hydroxylation sites is 1. The van der Waals surface area contributed by atoms with E-state index in [1.807, 2.05) is 6.07 Å². The van der Waals surface area contributed by atoms with Crippen molar-refractivity contribution in [2.24, 2.45) is 7.05 Å². The molecule has 2 aromatic rings. The lowest BCUT2D eigenvalue weighted by molar-refractivity contribution is -0.774. The first-order valence-corrected chi connectivity index (χ1v) is 5.99. The van der Waals surface area contributed by atoms with Crippen LogP contribution in [0.1, 0.15) is 22.4 Å². The first-order chi connectivity index (χ1) is 9.11. The Balaban J connectivity index is 1.97. The Bertz CT molecular complexity index is 709. The topological polar surface area (TPSA) is 67.4 Å². The second kappa shape index (κ2) is 3.16. The van der Waals surface area contributed by atoms with E-state index < -0.39 is 12.0 Å². The van der Waals surface area contributed by atoms with Gasteiger partial charge in [-0.2, -0.15) is 4.57 Å². The Kier molecular flexibility index (Phi) is 1.76. The van der Waals surface area contributed by atoms with Gasteiger partial charge >= 0.3 is 11.7 Å². The molecule has 6 nitrogen and oxygen atoms in total. The van der Waals surface area contributed by atoms with E-state index in [9.17, 15) is 9.90 Å². The maximum absolute atomic E-state index is 12.2. The highest BCUT2D eigenvalue weighted by atomic mass is 16.5. The van der Waals surface area contributed by atoms with Gasteiger partial charge in [0.25, 0.3) is 6.23 Å². The number of carbonyl (C=O) groups excluding carboxylic acids is 1. The molecule has 3 heterocycles. The third-order valence-electron chi connectivity index (χ3n) is 3.68. The number of benzene rings is 1. The average molecular weight is 258 g/mol. The number of aryl methyl sites for hydroxylation is 1. The summed E-state index contributed by atoms with van der Waals surface area (Å²) in [6.45, 7) is 0. The van der Waals surface area contributed by atoms with Crippen molar-refractivity contribution in [1.29, 1.82) is 0 Å². The van der Waals surface area contributed by atoms with Crippen LogP contribution in [0.5, 0.6) is 5.75 Å². The number of fused-ring (bicyclic) bond motifs is 5. The molecule has 2 aliphatic heterocycles. The van der Waals surface area contributed by atoms with E-state index in [4.69, 9.17) is 4.74 Å². The van der Waals surface area contributed by atoms with Gasteiger partial charge in [-0.15, -0.1) is 0 Å². The molecule has 1 aromatic heterocycles. The average Bonchev–Trinajstić information content (AvgIpc) is 2.89. The summed E-state index contributed by atoms with van der Waals surface area (Å²) in [7, 11) is 1.78. The zero-order valence-corrected chi connectivity index (χ0v) is 10.2. The molecule has 0 saturated heterocycles. The number of ether oxygens (including phenoxy) is 1. The number of hydrogen-bond donors (Lipinski definition) is 2. The number of carbonyl (C=O) groups is 1. The summed E-state index contributed by atoms with van der Waals surface area (Å²) in [5, 5.41) is 13.4. The molecule has 0 bridgehead atoms. The highest BCUT2D eigenvalue weighted by Gasteiger charge is 2.58. The molecule has 4 rings (SSSR count). The second-order valence-corrected chi connectivity index (χ2v) is 4.83. The molecule has 0 radical (unpaired) electrons. The van der Waals surface area contributed by atoms with Crippen LogP contribution in [0, 0.1) is 0 Å². The van der Waals surface area contributed by atoms with Crippen molar-refractivity contribution in [3.8, 4) is 5.75 Å². The zero-order valence-electron chi connectivity index (χ0n) is 10.2. The van der Waals surface area contributed by atoms with Gasteiger partial charge in [0.1, 0.15) is 18.1 Å². The lowest BCUT2D eigenvalue weighted by atomic mass is 10.0. The van der Waals surface area contributed by atoms with Gasteiger partial charge in [-0.05, 0) is 6.07 Å². The molecule has 2 N–H and O–H groups in total. The minimum Gasteiger partial charge on any atom is -0.446 e. The van der Waals surface area contributed by atoms with E-state index in [0.717, 1.165) is 0 Å². The Morgan fingerprint density at radius 3 is 3.11 bits per heavy atom. The molecule has 2 aliphatic rings. The van der Waals surface area contributed by atoms with Crippen LogP contribution < -0.4 is 14.6 Å². The first kappa shape index (κ1) is 10.6. The fraction of sp³-hybridized carbons (Fsp3) is 0.231. The third kappa shape index (κ3) is 1.14. The van der Waals surface area contributed by atoms with Gasteiger partial charge < -0.3 is 15.2 Å². The van der Waals surface area contributed by atoms with Crippen molar-refractivity contribution < 1.29 is 19.2 Å². The molecule has 1 aromatic carbocycles. The van der Waals surface area contributed by atoms with Crippen LogP contribution in [0.2, 0.25) is 0 Å². The van der Waals surface area contributed by atoms with Crippen molar-refractivity contribution in [3.63, 3.8) is 0 Å². The van der Waals surface area contributed by atoms with Crippen LogP contribution in [0.4, 0.5) is 0 Å². The standard InChI is InChI=1S/C13H11N3O3/c1-15-6-7-16-11(15)10(17)14-13(18)8-4-2-3-5-9(8)19-12(13)16/h2-7,12,18H,1H3/p+1. The molecule has 1 amide bonds. The van der Waals surface area contributed by atoms with Gasteiger partial charge in [-0.25, -0.2) is 4.57 Å².